The monoisotopic (exact) mass is 301 g/mol. The van der Waals surface area contributed by atoms with E-state index in [0.717, 1.165) is 11.3 Å². The lowest BCUT2D eigenvalue weighted by Crippen LogP contribution is -1.98. The van der Waals surface area contributed by atoms with Crippen molar-refractivity contribution < 1.29 is 0 Å². The van der Waals surface area contributed by atoms with Gasteiger partial charge in [-0.15, -0.1) is 0 Å². The Bertz CT molecular complexity index is 802. The van der Waals surface area contributed by atoms with Crippen molar-refractivity contribution in [2.75, 3.05) is 0 Å². The summed E-state index contributed by atoms with van der Waals surface area (Å²) in [5.74, 6) is 0.712. The van der Waals surface area contributed by atoms with E-state index in [9.17, 15) is 0 Å². The van der Waals surface area contributed by atoms with Gasteiger partial charge in [-0.05, 0) is 43.4 Å². The predicted molar refractivity (Wildman–Crippen MR) is 83.9 cm³/mol. The third-order valence-corrected chi connectivity index (χ3v) is 3.68. The van der Waals surface area contributed by atoms with Crippen LogP contribution in [0.25, 0.3) is 17.1 Å². The van der Waals surface area contributed by atoms with Gasteiger partial charge < -0.3 is 0 Å². The zero-order valence-electron chi connectivity index (χ0n) is 10.8. The smallest absolute Gasteiger partial charge is 0.200 e. The molecule has 2 aromatic carbocycles. The molecule has 1 heterocycles. The predicted octanol–water partition coefficient (Wildman–Crippen LogP) is 4.56. The number of H-pyrrole nitrogens is 1. The first kappa shape index (κ1) is 13.1. The van der Waals surface area contributed by atoms with Gasteiger partial charge in [0, 0.05) is 11.3 Å². The van der Waals surface area contributed by atoms with Crippen LogP contribution < -0.4 is 0 Å². The molecule has 0 fully saturated rings. The largest absolute Gasteiger partial charge is 0.268 e. The summed E-state index contributed by atoms with van der Waals surface area (Å²) in [5.41, 5.74) is 3.01. The first-order chi connectivity index (χ1) is 9.66. The van der Waals surface area contributed by atoms with Gasteiger partial charge in [0.25, 0.3) is 0 Å². The Morgan fingerprint density at radius 1 is 1.10 bits per heavy atom. The molecule has 0 atom stereocenters. The fraction of sp³-hybridized carbons (Fsp3) is 0.0667. The number of aromatic nitrogens is 3. The molecule has 1 N–H and O–H groups in total. The molecule has 0 aliphatic heterocycles. The molecular weight excluding hydrogens is 290 g/mol. The second-order valence-corrected chi connectivity index (χ2v) is 5.30. The molecule has 20 heavy (non-hydrogen) atoms. The summed E-state index contributed by atoms with van der Waals surface area (Å²) in [5, 5.41) is 7.79. The summed E-state index contributed by atoms with van der Waals surface area (Å²) < 4.78 is 2.43. The Balaban J connectivity index is 2.23. The summed E-state index contributed by atoms with van der Waals surface area (Å²) in [4.78, 5) is 0. The van der Waals surface area contributed by atoms with E-state index in [-0.39, 0.29) is 0 Å². The van der Waals surface area contributed by atoms with Crippen molar-refractivity contribution in [3.05, 3.63) is 63.9 Å². The molecular formula is C15H12ClN3S. The Hall–Kier alpha value is -1.91. The number of hydrogen-bond donors (Lipinski definition) is 1. The first-order valence-corrected chi connectivity index (χ1v) is 6.95. The van der Waals surface area contributed by atoms with E-state index >= 15 is 0 Å². The third-order valence-electron chi connectivity index (χ3n) is 3.08. The van der Waals surface area contributed by atoms with Gasteiger partial charge in [0.05, 0.1) is 5.02 Å². The number of benzene rings is 2. The molecule has 0 bridgehead atoms. The Labute approximate surface area is 126 Å². The van der Waals surface area contributed by atoms with Crippen molar-refractivity contribution in [3.63, 3.8) is 0 Å². The van der Waals surface area contributed by atoms with Crippen LogP contribution in [0.3, 0.4) is 0 Å². The first-order valence-electron chi connectivity index (χ1n) is 6.16. The van der Waals surface area contributed by atoms with Gasteiger partial charge in [-0.3, -0.25) is 9.67 Å². The van der Waals surface area contributed by atoms with E-state index in [0.29, 0.717) is 15.6 Å². The fourth-order valence-electron chi connectivity index (χ4n) is 2.05. The van der Waals surface area contributed by atoms with Crippen molar-refractivity contribution in [1.82, 2.24) is 14.8 Å². The Morgan fingerprint density at radius 3 is 2.50 bits per heavy atom. The topological polar surface area (TPSA) is 33.6 Å². The molecule has 0 amide bonds. The quantitative estimate of drug-likeness (QED) is 0.704. The number of aromatic amines is 1. The molecule has 100 valence electrons. The normalized spacial score (nSPS) is 10.7. The van der Waals surface area contributed by atoms with Gasteiger partial charge in [0.15, 0.2) is 10.6 Å². The number of hydrogen-bond acceptors (Lipinski definition) is 2. The molecule has 0 spiro atoms. The van der Waals surface area contributed by atoms with Crippen LogP contribution in [0.15, 0.2) is 48.5 Å². The highest BCUT2D eigenvalue weighted by Gasteiger charge is 2.12. The second-order valence-electron chi connectivity index (χ2n) is 4.50. The molecule has 3 nitrogen and oxygen atoms in total. The standard InChI is InChI=1S/C15H12ClN3S/c1-10-6-8-11(9-7-10)19-14(17-18-15(19)20)12-4-2-3-5-13(12)16/h2-9H,1H3,(H,18,20). The van der Waals surface area contributed by atoms with Crippen LogP contribution in [0, 0.1) is 11.7 Å². The third kappa shape index (κ3) is 2.28. The summed E-state index contributed by atoms with van der Waals surface area (Å²) in [7, 11) is 0. The summed E-state index contributed by atoms with van der Waals surface area (Å²) >= 11 is 11.6. The van der Waals surface area contributed by atoms with Gasteiger partial charge in [-0.1, -0.05) is 41.4 Å². The van der Waals surface area contributed by atoms with Crippen molar-refractivity contribution in [2.45, 2.75) is 6.92 Å². The molecule has 0 unspecified atom stereocenters. The van der Waals surface area contributed by atoms with Crippen LogP contribution >= 0.6 is 23.8 Å². The van der Waals surface area contributed by atoms with Crippen molar-refractivity contribution in [2.24, 2.45) is 0 Å². The van der Waals surface area contributed by atoms with Gasteiger partial charge in [0.1, 0.15) is 0 Å². The van der Waals surface area contributed by atoms with Gasteiger partial charge in [-0.2, -0.15) is 5.10 Å². The molecule has 1 aromatic heterocycles. The van der Waals surface area contributed by atoms with E-state index in [1.165, 1.54) is 5.56 Å². The van der Waals surface area contributed by atoms with Crippen molar-refractivity contribution in [1.29, 1.82) is 0 Å². The van der Waals surface area contributed by atoms with Crippen LogP contribution in [0.4, 0.5) is 0 Å². The maximum atomic E-state index is 6.25. The number of nitrogens with zero attached hydrogens (tertiary/aromatic N) is 2. The number of halogens is 1. The zero-order chi connectivity index (χ0) is 14.1. The lowest BCUT2D eigenvalue weighted by Gasteiger charge is -2.08. The molecule has 0 saturated heterocycles. The molecule has 0 aliphatic carbocycles. The minimum Gasteiger partial charge on any atom is -0.268 e. The highest BCUT2D eigenvalue weighted by molar-refractivity contribution is 7.71. The molecule has 0 radical (unpaired) electrons. The van der Waals surface area contributed by atoms with Crippen molar-refractivity contribution in [3.8, 4) is 17.1 Å². The van der Waals surface area contributed by atoms with Gasteiger partial charge in [-0.25, -0.2) is 0 Å². The number of nitrogens with one attached hydrogen (secondary N) is 1. The average molecular weight is 302 g/mol. The summed E-state index contributed by atoms with van der Waals surface area (Å²) in [6.07, 6.45) is 0. The maximum absolute atomic E-state index is 6.25. The van der Waals surface area contributed by atoms with Crippen LogP contribution in [0.2, 0.25) is 5.02 Å². The molecule has 0 saturated carbocycles. The highest BCUT2D eigenvalue weighted by atomic mass is 35.5. The van der Waals surface area contributed by atoms with Crippen molar-refractivity contribution >= 4 is 23.8 Å². The lowest BCUT2D eigenvalue weighted by molar-refractivity contribution is 1.03. The summed E-state index contributed by atoms with van der Waals surface area (Å²) in [6.45, 7) is 2.05. The van der Waals surface area contributed by atoms with Crippen LogP contribution in [0.1, 0.15) is 5.56 Å². The number of rotatable bonds is 2. The highest BCUT2D eigenvalue weighted by Crippen LogP contribution is 2.28. The van der Waals surface area contributed by atoms with E-state index in [1.807, 2.05) is 60.0 Å². The summed E-state index contributed by atoms with van der Waals surface area (Å²) in [6, 6.07) is 15.7. The zero-order valence-corrected chi connectivity index (χ0v) is 12.4. The van der Waals surface area contributed by atoms with E-state index < -0.39 is 0 Å². The number of aryl methyl sites for hydroxylation is 1. The molecule has 5 heteroatoms. The van der Waals surface area contributed by atoms with E-state index in [1.54, 1.807) is 0 Å². The molecule has 3 rings (SSSR count). The Kier molecular flexibility index (Phi) is 3.42. The fourth-order valence-corrected chi connectivity index (χ4v) is 2.51. The molecule has 3 aromatic rings. The van der Waals surface area contributed by atoms with Crippen LogP contribution in [0.5, 0.6) is 0 Å². The Morgan fingerprint density at radius 2 is 1.80 bits per heavy atom. The average Bonchev–Trinajstić information content (AvgIpc) is 2.82. The minimum atomic E-state index is 0.545. The second kappa shape index (κ2) is 5.23. The van der Waals surface area contributed by atoms with E-state index in [4.69, 9.17) is 23.8 Å². The van der Waals surface area contributed by atoms with Gasteiger partial charge in [0.2, 0.25) is 0 Å². The van der Waals surface area contributed by atoms with Gasteiger partial charge >= 0.3 is 0 Å². The molecule has 0 aliphatic rings. The van der Waals surface area contributed by atoms with Crippen LogP contribution in [-0.4, -0.2) is 14.8 Å². The lowest BCUT2D eigenvalue weighted by atomic mass is 10.2. The minimum absolute atomic E-state index is 0.545. The van der Waals surface area contributed by atoms with Crippen LogP contribution in [-0.2, 0) is 0 Å². The maximum Gasteiger partial charge on any atom is 0.200 e. The SMILES string of the molecule is Cc1ccc(-n2c(-c3ccccc3Cl)n[nH]c2=S)cc1. The van der Waals surface area contributed by atoms with E-state index in [2.05, 4.69) is 10.2 Å².